The Morgan fingerprint density at radius 3 is 2.27 bits per heavy atom. The van der Waals surface area contributed by atoms with E-state index in [0.717, 1.165) is 0 Å². The number of carbonyl (C=O) groups is 1. The molecule has 0 saturated heterocycles. The minimum absolute atomic E-state index is 0.113. The van der Waals surface area contributed by atoms with Gasteiger partial charge < -0.3 is 5.11 Å². The Balaban J connectivity index is 2.89. The molecule has 0 heterocycles. The molecular formula is C11H14ClNO2. The van der Waals surface area contributed by atoms with Crippen LogP contribution in [0.3, 0.4) is 0 Å². The van der Waals surface area contributed by atoms with Gasteiger partial charge in [0, 0.05) is 11.1 Å². The molecule has 82 valence electrons. The molecule has 0 aromatic heterocycles. The summed E-state index contributed by atoms with van der Waals surface area (Å²) in [6.07, 6.45) is 0. The normalized spacial score (nSPS) is 12.8. The van der Waals surface area contributed by atoms with E-state index in [4.69, 9.17) is 16.7 Å². The summed E-state index contributed by atoms with van der Waals surface area (Å²) in [4.78, 5) is 11.0. The minimum Gasteiger partial charge on any atom is -0.480 e. The van der Waals surface area contributed by atoms with Gasteiger partial charge in [-0.3, -0.25) is 10.1 Å². The summed E-state index contributed by atoms with van der Waals surface area (Å²) in [5.41, 5.74) is 0.709. The fourth-order valence-electron chi connectivity index (χ4n) is 1.30. The van der Waals surface area contributed by atoms with Gasteiger partial charge in [0.15, 0.2) is 0 Å². The molecule has 1 aromatic carbocycles. The first-order chi connectivity index (χ1) is 7.00. The van der Waals surface area contributed by atoms with E-state index in [1.165, 1.54) is 0 Å². The smallest absolute Gasteiger partial charge is 0.325 e. The van der Waals surface area contributed by atoms with Gasteiger partial charge in [-0.25, -0.2) is 0 Å². The van der Waals surface area contributed by atoms with Crippen LogP contribution in [0.1, 0.15) is 25.5 Å². The molecule has 0 amide bonds. The maximum atomic E-state index is 11.0. The Bertz CT molecular complexity index is 335. The summed E-state index contributed by atoms with van der Waals surface area (Å²) in [6, 6.07) is 6.25. The molecule has 4 heteroatoms. The number of carboxylic acids is 1. The quantitative estimate of drug-likeness (QED) is 0.831. The SMILES string of the molecule is CC(C)NC(C(=O)O)c1ccc(Cl)cc1. The minimum atomic E-state index is -0.883. The van der Waals surface area contributed by atoms with Gasteiger partial charge in [0.25, 0.3) is 0 Å². The van der Waals surface area contributed by atoms with E-state index < -0.39 is 12.0 Å². The number of nitrogens with one attached hydrogen (secondary N) is 1. The highest BCUT2D eigenvalue weighted by molar-refractivity contribution is 6.30. The van der Waals surface area contributed by atoms with Crippen LogP contribution in [-0.2, 0) is 4.79 Å². The zero-order valence-corrected chi connectivity index (χ0v) is 9.45. The Kier molecular flexibility index (Phi) is 4.12. The second-order valence-electron chi connectivity index (χ2n) is 3.64. The Labute approximate surface area is 94.1 Å². The van der Waals surface area contributed by atoms with Crippen molar-refractivity contribution in [2.45, 2.75) is 25.9 Å². The lowest BCUT2D eigenvalue weighted by molar-refractivity contribution is -0.139. The Hall–Kier alpha value is -1.06. The van der Waals surface area contributed by atoms with Gasteiger partial charge in [-0.1, -0.05) is 23.7 Å². The van der Waals surface area contributed by atoms with E-state index >= 15 is 0 Å². The van der Waals surface area contributed by atoms with Crippen LogP contribution in [0.25, 0.3) is 0 Å². The van der Waals surface area contributed by atoms with E-state index in [9.17, 15) is 4.79 Å². The van der Waals surface area contributed by atoms with Crippen LogP contribution in [0.15, 0.2) is 24.3 Å². The molecule has 15 heavy (non-hydrogen) atoms. The van der Waals surface area contributed by atoms with E-state index in [0.29, 0.717) is 10.6 Å². The van der Waals surface area contributed by atoms with E-state index in [2.05, 4.69) is 5.32 Å². The maximum Gasteiger partial charge on any atom is 0.325 e. The molecule has 0 saturated carbocycles. The molecule has 0 radical (unpaired) electrons. The summed E-state index contributed by atoms with van der Waals surface area (Å²) in [5, 5.41) is 12.6. The van der Waals surface area contributed by atoms with Crippen LogP contribution in [0.4, 0.5) is 0 Å². The highest BCUT2D eigenvalue weighted by Gasteiger charge is 2.19. The Morgan fingerprint density at radius 2 is 1.87 bits per heavy atom. The molecule has 1 unspecified atom stereocenters. The molecular weight excluding hydrogens is 214 g/mol. The first-order valence-corrected chi connectivity index (χ1v) is 5.13. The third-order valence-corrected chi connectivity index (χ3v) is 2.20. The number of rotatable bonds is 4. The predicted molar refractivity (Wildman–Crippen MR) is 60.1 cm³/mol. The first kappa shape index (κ1) is 12.0. The van der Waals surface area contributed by atoms with Crippen molar-refractivity contribution in [1.29, 1.82) is 0 Å². The van der Waals surface area contributed by atoms with Crippen LogP contribution in [0.5, 0.6) is 0 Å². The van der Waals surface area contributed by atoms with Gasteiger partial charge in [0.2, 0.25) is 0 Å². The summed E-state index contributed by atoms with van der Waals surface area (Å²) in [7, 11) is 0. The number of benzene rings is 1. The molecule has 0 spiro atoms. The second-order valence-corrected chi connectivity index (χ2v) is 4.08. The van der Waals surface area contributed by atoms with Gasteiger partial charge in [-0.05, 0) is 31.5 Å². The predicted octanol–water partition coefficient (Wildman–Crippen LogP) is 2.46. The van der Waals surface area contributed by atoms with Gasteiger partial charge in [0.1, 0.15) is 6.04 Å². The van der Waals surface area contributed by atoms with Crippen molar-refractivity contribution >= 4 is 17.6 Å². The van der Waals surface area contributed by atoms with Crippen molar-refractivity contribution in [1.82, 2.24) is 5.32 Å². The monoisotopic (exact) mass is 227 g/mol. The van der Waals surface area contributed by atoms with Gasteiger partial charge in [-0.2, -0.15) is 0 Å². The topological polar surface area (TPSA) is 49.3 Å². The third-order valence-electron chi connectivity index (χ3n) is 1.95. The average molecular weight is 228 g/mol. The lowest BCUT2D eigenvalue weighted by Gasteiger charge is -2.17. The van der Waals surface area contributed by atoms with Crippen LogP contribution < -0.4 is 5.32 Å². The van der Waals surface area contributed by atoms with Crippen molar-refractivity contribution in [3.63, 3.8) is 0 Å². The molecule has 0 aliphatic carbocycles. The standard InChI is InChI=1S/C11H14ClNO2/c1-7(2)13-10(11(14)15)8-3-5-9(12)6-4-8/h3-7,10,13H,1-2H3,(H,14,15). The number of hydrogen-bond acceptors (Lipinski definition) is 2. The summed E-state index contributed by atoms with van der Waals surface area (Å²) in [6.45, 7) is 3.82. The molecule has 0 fully saturated rings. The van der Waals surface area contributed by atoms with Crippen LogP contribution >= 0.6 is 11.6 Å². The van der Waals surface area contributed by atoms with E-state index in [1.54, 1.807) is 24.3 Å². The molecule has 1 atom stereocenters. The highest BCUT2D eigenvalue weighted by atomic mass is 35.5. The maximum absolute atomic E-state index is 11.0. The van der Waals surface area contributed by atoms with Crippen LogP contribution in [0, 0.1) is 0 Å². The average Bonchev–Trinajstić information content (AvgIpc) is 2.15. The van der Waals surface area contributed by atoms with Crippen molar-refractivity contribution in [2.24, 2.45) is 0 Å². The van der Waals surface area contributed by atoms with Crippen molar-refractivity contribution in [2.75, 3.05) is 0 Å². The fourth-order valence-corrected chi connectivity index (χ4v) is 1.42. The van der Waals surface area contributed by atoms with Crippen molar-refractivity contribution in [3.05, 3.63) is 34.9 Å². The molecule has 3 nitrogen and oxygen atoms in total. The number of aliphatic carboxylic acids is 1. The third kappa shape index (κ3) is 3.53. The van der Waals surface area contributed by atoms with Gasteiger partial charge in [-0.15, -0.1) is 0 Å². The summed E-state index contributed by atoms with van der Waals surface area (Å²) in [5.74, 6) is -0.883. The van der Waals surface area contributed by atoms with E-state index in [1.807, 2.05) is 13.8 Å². The lowest BCUT2D eigenvalue weighted by atomic mass is 10.1. The van der Waals surface area contributed by atoms with Gasteiger partial charge >= 0.3 is 5.97 Å². The van der Waals surface area contributed by atoms with Crippen molar-refractivity contribution < 1.29 is 9.90 Å². The highest BCUT2D eigenvalue weighted by Crippen LogP contribution is 2.17. The zero-order chi connectivity index (χ0) is 11.4. The largest absolute Gasteiger partial charge is 0.480 e. The van der Waals surface area contributed by atoms with Crippen LogP contribution in [0.2, 0.25) is 5.02 Å². The molecule has 1 aromatic rings. The van der Waals surface area contributed by atoms with Crippen molar-refractivity contribution in [3.8, 4) is 0 Å². The Morgan fingerprint density at radius 1 is 1.33 bits per heavy atom. The number of hydrogen-bond donors (Lipinski definition) is 2. The second kappa shape index (κ2) is 5.14. The zero-order valence-electron chi connectivity index (χ0n) is 8.70. The number of carboxylic acid groups (broad SMARTS) is 1. The molecule has 1 rings (SSSR count). The molecule has 2 N–H and O–H groups in total. The molecule has 0 bridgehead atoms. The number of halogens is 1. The van der Waals surface area contributed by atoms with Gasteiger partial charge in [0.05, 0.1) is 0 Å². The molecule has 0 aliphatic heterocycles. The molecule has 0 aliphatic rings. The summed E-state index contributed by atoms with van der Waals surface area (Å²) >= 11 is 5.73. The van der Waals surface area contributed by atoms with Crippen LogP contribution in [-0.4, -0.2) is 17.1 Å². The van der Waals surface area contributed by atoms with E-state index in [-0.39, 0.29) is 6.04 Å². The first-order valence-electron chi connectivity index (χ1n) is 4.75. The summed E-state index contributed by atoms with van der Waals surface area (Å²) < 4.78 is 0. The fraction of sp³-hybridized carbons (Fsp3) is 0.364. The lowest BCUT2D eigenvalue weighted by Crippen LogP contribution is -2.33.